The molecule has 3 aromatic heterocycles. The average Bonchev–Trinajstić information content (AvgIpc) is 4.00. The summed E-state index contributed by atoms with van der Waals surface area (Å²) in [6.45, 7) is 0. The van der Waals surface area contributed by atoms with Gasteiger partial charge in [0.05, 0.1) is 33.1 Å². The molecule has 0 bridgehead atoms. The van der Waals surface area contributed by atoms with E-state index in [0.29, 0.717) is 0 Å². The highest BCUT2D eigenvalue weighted by Gasteiger charge is 2.20. The van der Waals surface area contributed by atoms with Crippen LogP contribution in [-0.2, 0) is 0 Å². The van der Waals surface area contributed by atoms with Crippen molar-refractivity contribution in [1.82, 2.24) is 13.7 Å². The summed E-state index contributed by atoms with van der Waals surface area (Å²) < 4.78 is 7.33. The Morgan fingerprint density at radius 1 is 0.185 bits per heavy atom. The van der Waals surface area contributed by atoms with E-state index < -0.39 is 0 Å². The number of aromatic nitrogens is 3. The third-order valence-corrected chi connectivity index (χ3v) is 13.8. The smallest absolute Gasteiger partial charge is 0.0562 e. The zero-order valence-electron chi connectivity index (χ0n) is 35.4. The van der Waals surface area contributed by atoms with Crippen LogP contribution in [0, 0.1) is 0 Å². The molecule has 65 heavy (non-hydrogen) atoms. The molecule has 14 rings (SSSR count). The van der Waals surface area contributed by atoms with E-state index in [1.165, 1.54) is 109 Å². The Morgan fingerprint density at radius 3 is 1.14 bits per heavy atom. The van der Waals surface area contributed by atoms with Crippen LogP contribution < -0.4 is 0 Å². The Kier molecular flexibility index (Phi) is 7.69. The van der Waals surface area contributed by atoms with Gasteiger partial charge in [0, 0.05) is 49.4 Å². The summed E-state index contributed by atoms with van der Waals surface area (Å²) in [5, 5.41) is 12.4. The lowest BCUT2D eigenvalue weighted by Crippen LogP contribution is -1.96. The average molecular weight is 826 g/mol. The number of fused-ring (bicyclic) bond motifs is 11. The van der Waals surface area contributed by atoms with Crippen molar-refractivity contribution in [1.29, 1.82) is 0 Å². The highest BCUT2D eigenvalue weighted by atomic mass is 15.0. The van der Waals surface area contributed by atoms with Crippen molar-refractivity contribution in [2.24, 2.45) is 0 Å². The molecule has 3 heterocycles. The highest BCUT2D eigenvalue weighted by molar-refractivity contribution is 6.20. The Balaban J connectivity index is 0.987. The fourth-order valence-electron chi connectivity index (χ4n) is 10.7. The zero-order valence-corrected chi connectivity index (χ0v) is 35.4. The molecule has 11 aromatic carbocycles. The van der Waals surface area contributed by atoms with Gasteiger partial charge in [0.25, 0.3) is 0 Å². The second kappa shape index (κ2) is 13.9. The number of benzene rings is 11. The van der Waals surface area contributed by atoms with E-state index in [4.69, 9.17) is 0 Å². The Bertz CT molecular complexity index is 4220. The molecule has 0 radical (unpaired) electrons. The summed E-state index contributed by atoms with van der Waals surface area (Å²) in [5.74, 6) is 0. The molecule has 3 heteroatoms. The van der Waals surface area contributed by atoms with Crippen molar-refractivity contribution < 1.29 is 0 Å². The van der Waals surface area contributed by atoms with E-state index >= 15 is 0 Å². The molecule has 0 aliphatic rings. The second-order valence-corrected chi connectivity index (χ2v) is 17.4. The monoisotopic (exact) mass is 825 g/mol. The first-order chi connectivity index (χ1) is 32.2. The third kappa shape index (κ3) is 5.49. The van der Waals surface area contributed by atoms with Crippen LogP contribution in [0.25, 0.3) is 126 Å². The Labute approximate surface area is 374 Å². The normalized spacial score (nSPS) is 12.0. The van der Waals surface area contributed by atoms with E-state index in [1.54, 1.807) is 0 Å². The van der Waals surface area contributed by atoms with Crippen LogP contribution in [0.15, 0.2) is 237 Å². The van der Waals surface area contributed by atoms with Gasteiger partial charge < -0.3 is 13.7 Å². The van der Waals surface area contributed by atoms with Crippen molar-refractivity contribution in [3.63, 3.8) is 0 Å². The van der Waals surface area contributed by atoms with E-state index in [-0.39, 0.29) is 0 Å². The van der Waals surface area contributed by atoms with E-state index in [0.717, 1.165) is 17.1 Å². The third-order valence-electron chi connectivity index (χ3n) is 13.8. The number of rotatable bonds is 5. The zero-order chi connectivity index (χ0) is 42.6. The van der Waals surface area contributed by atoms with Crippen LogP contribution in [0.5, 0.6) is 0 Å². The van der Waals surface area contributed by atoms with Crippen LogP contribution >= 0.6 is 0 Å². The van der Waals surface area contributed by atoms with Gasteiger partial charge in [-0.15, -0.1) is 0 Å². The predicted molar refractivity (Wildman–Crippen MR) is 275 cm³/mol. The summed E-state index contributed by atoms with van der Waals surface area (Å²) in [6, 6.07) is 87.2. The number of hydrogen-bond acceptors (Lipinski definition) is 0. The lowest BCUT2D eigenvalue weighted by molar-refractivity contribution is 1.17. The van der Waals surface area contributed by atoms with Crippen LogP contribution in [-0.4, -0.2) is 13.7 Å². The van der Waals surface area contributed by atoms with Gasteiger partial charge in [-0.1, -0.05) is 152 Å². The molecule has 0 aliphatic heterocycles. The molecule has 0 amide bonds. The Hall–Kier alpha value is -8.66. The van der Waals surface area contributed by atoms with Crippen LogP contribution in [0.2, 0.25) is 0 Å². The maximum Gasteiger partial charge on any atom is 0.0562 e. The van der Waals surface area contributed by atoms with Crippen molar-refractivity contribution in [3.05, 3.63) is 237 Å². The molecule has 0 saturated carbocycles. The van der Waals surface area contributed by atoms with Crippen molar-refractivity contribution in [3.8, 4) is 39.3 Å². The quantitative estimate of drug-likeness (QED) is 0.164. The maximum atomic E-state index is 2.47. The lowest BCUT2D eigenvalue weighted by atomic mass is 10.00. The minimum absolute atomic E-state index is 1.15. The first-order valence-corrected chi connectivity index (χ1v) is 22.4. The molecule has 0 unspecified atom stereocenters. The molecule has 0 spiro atoms. The largest absolute Gasteiger partial charge is 0.309 e. The van der Waals surface area contributed by atoms with Gasteiger partial charge in [0.1, 0.15) is 0 Å². The maximum absolute atomic E-state index is 2.47. The minimum Gasteiger partial charge on any atom is -0.309 e. The number of hydrogen-bond donors (Lipinski definition) is 0. The molecule has 0 saturated heterocycles. The van der Waals surface area contributed by atoms with Gasteiger partial charge in [-0.2, -0.15) is 0 Å². The van der Waals surface area contributed by atoms with Crippen molar-refractivity contribution in [2.45, 2.75) is 0 Å². The molecule has 0 fully saturated rings. The summed E-state index contributed by atoms with van der Waals surface area (Å²) in [7, 11) is 0. The molecule has 0 N–H and O–H groups in total. The van der Waals surface area contributed by atoms with Crippen molar-refractivity contribution >= 4 is 87.0 Å². The van der Waals surface area contributed by atoms with Gasteiger partial charge in [0.2, 0.25) is 0 Å². The van der Waals surface area contributed by atoms with E-state index in [9.17, 15) is 0 Å². The molecule has 0 atom stereocenters. The van der Waals surface area contributed by atoms with Crippen LogP contribution in [0.4, 0.5) is 0 Å². The molecular formula is C62H39N3. The molecule has 302 valence electrons. The minimum atomic E-state index is 1.15. The Morgan fingerprint density at radius 2 is 0.569 bits per heavy atom. The fraction of sp³-hybridized carbons (Fsp3) is 0. The highest BCUT2D eigenvalue weighted by Crippen LogP contribution is 2.42. The predicted octanol–water partition coefficient (Wildman–Crippen LogP) is 16.6. The first kappa shape index (κ1) is 35.9. The summed E-state index contributed by atoms with van der Waals surface area (Å²) in [6.07, 6.45) is 0. The molecule has 14 aromatic rings. The van der Waals surface area contributed by atoms with Gasteiger partial charge in [0.15, 0.2) is 0 Å². The van der Waals surface area contributed by atoms with Gasteiger partial charge >= 0.3 is 0 Å². The summed E-state index contributed by atoms with van der Waals surface area (Å²) >= 11 is 0. The van der Waals surface area contributed by atoms with Crippen LogP contribution in [0.3, 0.4) is 0 Å². The SMILES string of the molecule is c1ccc(-c2ccc(-n3c4ccccc4c4cc(-c5ccc6c(c5)c5cc7c8ccccc8n(-c8ccc9ccccc9c8)c7cc5n6-c5ccc6ccccc6c5)ccc43)cc2)cc1. The topological polar surface area (TPSA) is 14.8 Å². The first-order valence-electron chi connectivity index (χ1n) is 22.4. The van der Waals surface area contributed by atoms with Crippen molar-refractivity contribution in [2.75, 3.05) is 0 Å². The number of para-hydroxylation sites is 2. The molecule has 3 nitrogen and oxygen atoms in total. The van der Waals surface area contributed by atoms with Gasteiger partial charge in [-0.3, -0.25) is 0 Å². The summed E-state index contributed by atoms with van der Waals surface area (Å²) in [5.41, 5.74) is 15.4. The standard InChI is InChI=1S/C62H39N3/c1-2-12-40(13-3-1)43-22-28-48(29-23-43)63-57-20-10-8-18-51(57)53-36-46(26-32-59(53)63)47-27-33-60-54(37-47)56-38-55-52-19-9-11-21-58(52)64(49-30-24-41-14-4-6-16-44(41)34-49)61(55)39-62(56)65(60)50-31-25-42-15-5-7-17-45(42)35-50/h1-39H. The van der Waals surface area contributed by atoms with E-state index in [1.807, 2.05) is 0 Å². The van der Waals surface area contributed by atoms with Crippen LogP contribution in [0.1, 0.15) is 0 Å². The summed E-state index contributed by atoms with van der Waals surface area (Å²) in [4.78, 5) is 0. The van der Waals surface area contributed by atoms with Gasteiger partial charge in [-0.25, -0.2) is 0 Å². The fourth-order valence-corrected chi connectivity index (χ4v) is 10.7. The molecule has 0 aliphatic carbocycles. The number of nitrogens with zero attached hydrogens (tertiary/aromatic N) is 3. The molecular weight excluding hydrogens is 787 g/mol. The second-order valence-electron chi connectivity index (χ2n) is 17.4. The van der Waals surface area contributed by atoms with Gasteiger partial charge in [-0.05, 0) is 129 Å². The van der Waals surface area contributed by atoms with E-state index in [2.05, 4.69) is 250 Å². The lowest BCUT2D eigenvalue weighted by Gasteiger charge is -2.12.